The number of anilines is 3. The van der Waals surface area contributed by atoms with E-state index in [0.29, 0.717) is 16.5 Å². The molecule has 1 amide bonds. The minimum Gasteiger partial charge on any atom is -0.339 e. The molecular formula is C17H12Cl2N4O. The summed E-state index contributed by atoms with van der Waals surface area (Å²) in [5.74, 6) is 0.122. The van der Waals surface area contributed by atoms with Crippen LogP contribution in [0.5, 0.6) is 0 Å². The van der Waals surface area contributed by atoms with Crippen LogP contribution in [0.2, 0.25) is 10.0 Å². The van der Waals surface area contributed by atoms with Gasteiger partial charge in [0, 0.05) is 5.69 Å². The Balaban J connectivity index is 1.71. The van der Waals surface area contributed by atoms with Crippen LogP contribution < -0.4 is 10.6 Å². The summed E-state index contributed by atoms with van der Waals surface area (Å²) in [6.45, 7) is 0. The number of rotatable bonds is 4. The van der Waals surface area contributed by atoms with Gasteiger partial charge in [-0.3, -0.25) is 4.79 Å². The van der Waals surface area contributed by atoms with Gasteiger partial charge in [-0.15, -0.1) is 10.2 Å². The number of nitrogens with one attached hydrogen (secondary N) is 2. The Labute approximate surface area is 148 Å². The summed E-state index contributed by atoms with van der Waals surface area (Å²) >= 11 is 12.0. The van der Waals surface area contributed by atoms with E-state index >= 15 is 0 Å². The number of benzene rings is 2. The van der Waals surface area contributed by atoms with Gasteiger partial charge in [0.15, 0.2) is 11.5 Å². The van der Waals surface area contributed by atoms with Crippen molar-refractivity contribution in [3.8, 4) is 0 Å². The highest BCUT2D eigenvalue weighted by Crippen LogP contribution is 2.29. The van der Waals surface area contributed by atoms with Crippen LogP contribution in [0, 0.1) is 0 Å². The fraction of sp³-hybridized carbons (Fsp3) is 0. The standard InChI is InChI=1S/C17H12Cl2N4O/c18-12-7-4-8-13(16(12)19)21-17(24)14-9-10-15(23-22-14)20-11-5-2-1-3-6-11/h1-10H,(H,20,23)(H,21,24). The molecule has 1 heterocycles. The molecule has 0 fully saturated rings. The minimum absolute atomic E-state index is 0.171. The summed E-state index contributed by atoms with van der Waals surface area (Å²) in [6, 6.07) is 17.8. The molecule has 3 rings (SSSR count). The van der Waals surface area contributed by atoms with Gasteiger partial charge in [0.05, 0.1) is 15.7 Å². The molecule has 120 valence electrons. The Morgan fingerprint density at radius 3 is 2.38 bits per heavy atom. The smallest absolute Gasteiger partial charge is 0.276 e. The van der Waals surface area contributed by atoms with E-state index in [2.05, 4.69) is 20.8 Å². The number of halogens is 2. The van der Waals surface area contributed by atoms with E-state index in [9.17, 15) is 4.79 Å². The lowest BCUT2D eigenvalue weighted by atomic mass is 10.3. The van der Waals surface area contributed by atoms with Crippen molar-refractivity contribution < 1.29 is 4.79 Å². The number of carbonyl (C=O) groups is 1. The number of nitrogens with zero attached hydrogens (tertiary/aromatic N) is 2. The van der Waals surface area contributed by atoms with Crippen LogP contribution in [0.15, 0.2) is 60.7 Å². The van der Waals surface area contributed by atoms with E-state index in [4.69, 9.17) is 23.2 Å². The highest BCUT2D eigenvalue weighted by molar-refractivity contribution is 6.44. The van der Waals surface area contributed by atoms with Gasteiger partial charge < -0.3 is 10.6 Å². The molecule has 0 atom stereocenters. The van der Waals surface area contributed by atoms with Crippen molar-refractivity contribution in [3.05, 3.63) is 76.4 Å². The molecule has 0 aliphatic heterocycles. The lowest BCUT2D eigenvalue weighted by molar-refractivity contribution is 0.102. The van der Waals surface area contributed by atoms with Crippen LogP contribution in [0.1, 0.15) is 10.5 Å². The number of amides is 1. The van der Waals surface area contributed by atoms with Crippen LogP contribution in [0.4, 0.5) is 17.2 Å². The SMILES string of the molecule is O=C(Nc1cccc(Cl)c1Cl)c1ccc(Nc2ccccc2)nn1. The van der Waals surface area contributed by atoms with Gasteiger partial charge in [-0.1, -0.05) is 47.5 Å². The van der Waals surface area contributed by atoms with Crippen molar-refractivity contribution in [1.29, 1.82) is 0 Å². The average Bonchev–Trinajstić information content (AvgIpc) is 2.60. The number of hydrogen-bond acceptors (Lipinski definition) is 4. The monoisotopic (exact) mass is 358 g/mol. The lowest BCUT2D eigenvalue weighted by Gasteiger charge is -2.08. The summed E-state index contributed by atoms with van der Waals surface area (Å²) in [7, 11) is 0. The second-order valence-electron chi connectivity index (χ2n) is 4.85. The molecule has 0 saturated carbocycles. The van der Waals surface area contributed by atoms with Gasteiger partial charge in [0.25, 0.3) is 5.91 Å². The number of aromatic nitrogens is 2. The second-order valence-corrected chi connectivity index (χ2v) is 5.64. The van der Waals surface area contributed by atoms with Gasteiger partial charge in [-0.2, -0.15) is 0 Å². The van der Waals surface area contributed by atoms with Gasteiger partial charge in [0.2, 0.25) is 0 Å². The van der Waals surface area contributed by atoms with Crippen LogP contribution in [0.25, 0.3) is 0 Å². The molecule has 5 nitrogen and oxygen atoms in total. The molecule has 2 N–H and O–H groups in total. The number of carbonyl (C=O) groups excluding carboxylic acids is 1. The van der Waals surface area contributed by atoms with Crippen molar-refractivity contribution in [3.63, 3.8) is 0 Å². The lowest BCUT2D eigenvalue weighted by Crippen LogP contribution is -2.15. The van der Waals surface area contributed by atoms with Crippen molar-refractivity contribution in [2.75, 3.05) is 10.6 Å². The second kappa shape index (κ2) is 7.29. The number of para-hydroxylation sites is 1. The summed E-state index contributed by atoms with van der Waals surface area (Å²) in [5.41, 5.74) is 1.47. The first kappa shape index (κ1) is 16.2. The zero-order valence-corrected chi connectivity index (χ0v) is 13.8. The van der Waals surface area contributed by atoms with E-state index in [1.807, 2.05) is 30.3 Å². The van der Waals surface area contributed by atoms with E-state index in [-0.39, 0.29) is 10.7 Å². The molecule has 0 bridgehead atoms. The summed E-state index contributed by atoms with van der Waals surface area (Å²) < 4.78 is 0. The van der Waals surface area contributed by atoms with Crippen molar-refractivity contribution in [2.24, 2.45) is 0 Å². The van der Waals surface area contributed by atoms with Crippen LogP contribution in [-0.2, 0) is 0 Å². The van der Waals surface area contributed by atoms with E-state index < -0.39 is 5.91 Å². The molecule has 3 aromatic rings. The molecule has 0 aliphatic carbocycles. The third-order valence-electron chi connectivity index (χ3n) is 3.14. The maximum atomic E-state index is 12.2. The van der Waals surface area contributed by atoms with Gasteiger partial charge in [0.1, 0.15) is 0 Å². The summed E-state index contributed by atoms with van der Waals surface area (Å²) in [5, 5.41) is 14.3. The molecule has 0 unspecified atom stereocenters. The fourth-order valence-corrected chi connectivity index (χ4v) is 2.32. The first-order chi connectivity index (χ1) is 11.6. The minimum atomic E-state index is -0.419. The first-order valence-corrected chi connectivity index (χ1v) is 7.80. The zero-order valence-electron chi connectivity index (χ0n) is 12.3. The molecule has 1 aromatic heterocycles. The van der Waals surface area contributed by atoms with E-state index in [0.717, 1.165) is 5.69 Å². The van der Waals surface area contributed by atoms with Crippen LogP contribution >= 0.6 is 23.2 Å². The van der Waals surface area contributed by atoms with E-state index in [1.54, 1.807) is 30.3 Å². The van der Waals surface area contributed by atoms with Crippen LogP contribution in [-0.4, -0.2) is 16.1 Å². The van der Waals surface area contributed by atoms with Crippen molar-refractivity contribution in [1.82, 2.24) is 10.2 Å². The largest absolute Gasteiger partial charge is 0.339 e. The molecular weight excluding hydrogens is 347 g/mol. The summed E-state index contributed by atoms with van der Waals surface area (Å²) in [4.78, 5) is 12.2. The van der Waals surface area contributed by atoms with Crippen molar-refractivity contribution in [2.45, 2.75) is 0 Å². The summed E-state index contributed by atoms with van der Waals surface area (Å²) in [6.07, 6.45) is 0. The van der Waals surface area contributed by atoms with Gasteiger partial charge in [-0.25, -0.2) is 0 Å². The van der Waals surface area contributed by atoms with Crippen LogP contribution in [0.3, 0.4) is 0 Å². The highest BCUT2D eigenvalue weighted by Gasteiger charge is 2.12. The molecule has 0 radical (unpaired) electrons. The normalized spacial score (nSPS) is 10.2. The third-order valence-corrected chi connectivity index (χ3v) is 3.96. The molecule has 2 aromatic carbocycles. The predicted molar refractivity (Wildman–Crippen MR) is 96.2 cm³/mol. The highest BCUT2D eigenvalue weighted by atomic mass is 35.5. The zero-order chi connectivity index (χ0) is 16.9. The van der Waals surface area contributed by atoms with Crippen molar-refractivity contribution >= 4 is 46.3 Å². The third kappa shape index (κ3) is 3.82. The Morgan fingerprint density at radius 2 is 1.67 bits per heavy atom. The van der Waals surface area contributed by atoms with E-state index in [1.165, 1.54) is 0 Å². The maximum absolute atomic E-state index is 12.2. The predicted octanol–water partition coefficient (Wildman–Crippen LogP) is 4.78. The molecule has 0 spiro atoms. The Hall–Kier alpha value is -2.63. The number of hydrogen-bond donors (Lipinski definition) is 2. The first-order valence-electron chi connectivity index (χ1n) is 7.04. The molecule has 0 aliphatic rings. The topological polar surface area (TPSA) is 66.9 Å². The average molecular weight is 359 g/mol. The maximum Gasteiger partial charge on any atom is 0.276 e. The molecule has 0 saturated heterocycles. The van der Waals surface area contributed by atoms with Gasteiger partial charge >= 0.3 is 0 Å². The Bertz CT molecular complexity index is 854. The molecule has 24 heavy (non-hydrogen) atoms. The van der Waals surface area contributed by atoms with Gasteiger partial charge in [-0.05, 0) is 36.4 Å². The quantitative estimate of drug-likeness (QED) is 0.704. The Kier molecular flexibility index (Phi) is 4.93. The molecule has 7 heteroatoms. The Morgan fingerprint density at radius 1 is 0.875 bits per heavy atom. The fourth-order valence-electron chi connectivity index (χ4n) is 1.98.